The fourth-order valence-corrected chi connectivity index (χ4v) is 3.48. The van der Waals surface area contributed by atoms with Gasteiger partial charge in [0.2, 0.25) is 0 Å². The minimum absolute atomic E-state index is 0.291. The van der Waals surface area contributed by atoms with Gasteiger partial charge in [0.1, 0.15) is 0 Å². The summed E-state index contributed by atoms with van der Waals surface area (Å²) in [6.45, 7) is 15.8. The van der Waals surface area contributed by atoms with Crippen LogP contribution in [0.25, 0.3) is 0 Å². The van der Waals surface area contributed by atoms with Crippen LogP contribution in [-0.4, -0.2) is 16.0 Å². The molecule has 2 heteroatoms. The average Bonchev–Trinajstić information content (AvgIpc) is 2.49. The second-order valence-electron chi connectivity index (χ2n) is 7.09. The molecule has 17 heavy (non-hydrogen) atoms. The standard InChI is InChI=1S/C15H28IN/c1-7-12(8-14(3,4)10-16)13-9-15(5,6)17-11(13)2/h7,11-13,17H,1,8-10H2,2-6H3. The third kappa shape index (κ3) is 4.23. The molecule has 1 fully saturated rings. The Bertz CT molecular complexity index is 270. The Kier molecular flexibility index (Phi) is 5.10. The second-order valence-corrected chi connectivity index (χ2v) is 7.85. The van der Waals surface area contributed by atoms with Gasteiger partial charge in [-0.25, -0.2) is 0 Å². The normalized spacial score (nSPS) is 30.2. The zero-order chi connectivity index (χ0) is 13.3. The number of allylic oxidation sites excluding steroid dienone is 1. The van der Waals surface area contributed by atoms with Crippen LogP contribution in [0.3, 0.4) is 0 Å². The molecular weight excluding hydrogens is 321 g/mol. The van der Waals surface area contributed by atoms with Crippen molar-refractivity contribution < 1.29 is 0 Å². The quantitative estimate of drug-likeness (QED) is 0.440. The molecular formula is C15H28IN. The van der Waals surface area contributed by atoms with Gasteiger partial charge in [-0.1, -0.05) is 42.5 Å². The van der Waals surface area contributed by atoms with Crippen molar-refractivity contribution in [2.24, 2.45) is 17.3 Å². The molecule has 0 aliphatic carbocycles. The van der Waals surface area contributed by atoms with Crippen molar-refractivity contribution in [3.8, 4) is 0 Å². The van der Waals surface area contributed by atoms with E-state index in [0.29, 0.717) is 22.9 Å². The predicted molar refractivity (Wildman–Crippen MR) is 85.8 cm³/mol. The van der Waals surface area contributed by atoms with Gasteiger partial charge in [0.05, 0.1) is 0 Å². The SMILES string of the molecule is C=CC(CC(C)(C)CI)C1CC(C)(C)NC1C. The van der Waals surface area contributed by atoms with Crippen molar-refractivity contribution in [3.63, 3.8) is 0 Å². The fourth-order valence-electron chi connectivity index (χ4n) is 3.17. The molecule has 3 unspecified atom stereocenters. The molecule has 1 heterocycles. The van der Waals surface area contributed by atoms with E-state index in [9.17, 15) is 0 Å². The lowest BCUT2D eigenvalue weighted by Gasteiger charge is -2.31. The van der Waals surface area contributed by atoms with Crippen molar-refractivity contribution in [1.82, 2.24) is 5.32 Å². The molecule has 0 bridgehead atoms. The Morgan fingerprint density at radius 1 is 1.53 bits per heavy atom. The molecule has 0 aromatic rings. The number of hydrogen-bond acceptors (Lipinski definition) is 1. The van der Waals surface area contributed by atoms with E-state index in [4.69, 9.17) is 0 Å². The van der Waals surface area contributed by atoms with Gasteiger partial charge in [0.25, 0.3) is 0 Å². The van der Waals surface area contributed by atoms with Crippen LogP contribution in [0.2, 0.25) is 0 Å². The first-order valence-electron chi connectivity index (χ1n) is 6.67. The molecule has 1 aliphatic heterocycles. The summed E-state index contributed by atoms with van der Waals surface area (Å²) in [5, 5.41) is 3.71. The summed E-state index contributed by atoms with van der Waals surface area (Å²) in [6.07, 6.45) is 4.71. The molecule has 0 spiro atoms. The first-order valence-corrected chi connectivity index (χ1v) is 8.19. The molecule has 1 rings (SSSR count). The van der Waals surface area contributed by atoms with Gasteiger partial charge < -0.3 is 5.32 Å². The molecule has 0 radical (unpaired) electrons. The second kappa shape index (κ2) is 5.60. The van der Waals surface area contributed by atoms with Crippen LogP contribution in [0.4, 0.5) is 0 Å². The van der Waals surface area contributed by atoms with Crippen molar-refractivity contribution in [2.75, 3.05) is 4.43 Å². The van der Waals surface area contributed by atoms with Crippen molar-refractivity contribution in [2.45, 2.75) is 59.0 Å². The Hall–Kier alpha value is 0.430. The summed E-state index contributed by atoms with van der Waals surface area (Å²) < 4.78 is 1.22. The molecule has 100 valence electrons. The molecule has 1 nitrogen and oxygen atoms in total. The summed E-state index contributed by atoms with van der Waals surface area (Å²) in [6, 6.07) is 0.609. The van der Waals surface area contributed by atoms with Crippen LogP contribution in [0.5, 0.6) is 0 Å². The van der Waals surface area contributed by atoms with Gasteiger partial charge in [-0.15, -0.1) is 6.58 Å². The van der Waals surface area contributed by atoms with E-state index in [-0.39, 0.29) is 0 Å². The third-order valence-electron chi connectivity index (χ3n) is 4.01. The van der Waals surface area contributed by atoms with Gasteiger partial charge in [0.15, 0.2) is 0 Å². The highest BCUT2D eigenvalue weighted by Gasteiger charge is 2.40. The summed E-state index contributed by atoms with van der Waals surface area (Å²) in [5.74, 6) is 1.38. The molecule has 0 saturated carbocycles. The largest absolute Gasteiger partial charge is 0.309 e. The summed E-state index contributed by atoms with van der Waals surface area (Å²) in [7, 11) is 0. The highest BCUT2D eigenvalue weighted by molar-refractivity contribution is 14.1. The predicted octanol–water partition coefficient (Wildman–Crippen LogP) is 4.42. The summed E-state index contributed by atoms with van der Waals surface area (Å²) in [4.78, 5) is 0. The maximum absolute atomic E-state index is 4.08. The van der Waals surface area contributed by atoms with Gasteiger partial charge in [-0.05, 0) is 50.9 Å². The molecule has 1 saturated heterocycles. The van der Waals surface area contributed by atoms with Crippen LogP contribution in [0.1, 0.15) is 47.5 Å². The molecule has 0 aromatic heterocycles. The molecule has 1 N–H and O–H groups in total. The van der Waals surface area contributed by atoms with E-state index in [1.165, 1.54) is 17.3 Å². The van der Waals surface area contributed by atoms with E-state index >= 15 is 0 Å². The Labute approximate surface area is 121 Å². The van der Waals surface area contributed by atoms with Gasteiger partial charge in [-0.2, -0.15) is 0 Å². The summed E-state index contributed by atoms with van der Waals surface area (Å²) in [5.41, 5.74) is 0.714. The average molecular weight is 349 g/mol. The third-order valence-corrected chi connectivity index (χ3v) is 6.07. The lowest BCUT2D eigenvalue weighted by Crippen LogP contribution is -2.36. The Morgan fingerprint density at radius 2 is 2.12 bits per heavy atom. The van der Waals surface area contributed by atoms with Crippen molar-refractivity contribution in [3.05, 3.63) is 12.7 Å². The number of hydrogen-bond donors (Lipinski definition) is 1. The summed E-state index contributed by atoms with van der Waals surface area (Å²) >= 11 is 2.51. The van der Waals surface area contributed by atoms with Gasteiger partial charge in [0, 0.05) is 16.0 Å². The topological polar surface area (TPSA) is 12.0 Å². The Balaban J connectivity index is 2.72. The number of rotatable bonds is 5. The maximum atomic E-state index is 4.08. The minimum atomic E-state index is 0.291. The van der Waals surface area contributed by atoms with E-state index in [1.807, 2.05) is 0 Å². The molecule has 1 aliphatic rings. The highest BCUT2D eigenvalue weighted by atomic mass is 127. The molecule has 0 amide bonds. The fraction of sp³-hybridized carbons (Fsp3) is 0.867. The number of halogens is 1. The van der Waals surface area contributed by atoms with Crippen LogP contribution >= 0.6 is 22.6 Å². The van der Waals surface area contributed by atoms with Gasteiger partial charge in [-0.3, -0.25) is 0 Å². The first kappa shape index (κ1) is 15.5. The first-order chi connectivity index (χ1) is 7.71. The minimum Gasteiger partial charge on any atom is -0.309 e. The van der Waals surface area contributed by atoms with E-state index in [0.717, 1.165) is 5.92 Å². The lowest BCUT2D eigenvalue weighted by molar-refractivity contribution is 0.256. The van der Waals surface area contributed by atoms with Gasteiger partial charge >= 0.3 is 0 Å². The Morgan fingerprint density at radius 3 is 2.47 bits per heavy atom. The smallest absolute Gasteiger partial charge is 0.0131 e. The molecule has 3 atom stereocenters. The van der Waals surface area contributed by atoms with E-state index in [2.05, 4.69) is 75.2 Å². The number of nitrogens with one attached hydrogen (secondary N) is 1. The van der Waals surface area contributed by atoms with Crippen LogP contribution in [0, 0.1) is 17.3 Å². The van der Waals surface area contributed by atoms with E-state index < -0.39 is 0 Å². The lowest BCUT2D eigenvalue weighted by atomic mass is 9.75. The van der Waals surface area contributed by atoms with Crippen molar-refractivity contribution >= 4 is 22.6 Å². The number of alkyl halides is 1. The zero-order valence-electron chi connectivity index (χ0n) is 12.0. The monoisotopic (exact) mass is 349 g/mol. The highest BCUT2D eigenvalue weighted by Crippen LogP contribution is 2.40. The maximum Gasteiger partial charge on any atom is 0.0131 e. The van der Waals surface area contributed by atoms with E-state index in [1.54, 1.807) is 0 Å². The molecule has 0 aromatic carbocycles. The zero-order valence-corrected chi connectivity index (χ0v) is 14.2. The van der Waals surface area contributed by atoms with Crippen molar-refractivity contribution in [1.29, 1.82) is 0 Å². The van der Waals surface area contributed by atoms with Crippen LogP contribution in [0.15, 0.2) is 12.7 Å². The van der Waals surface area contributed by atoms with Crippen LogP contribution < -0.4 is 5.32 Å². The van der Waals surface area contributed by atoms with Crippen LogP contribution in [-0.2, 0) is 0 Å².